The lowest BCUT2D eigenvalue weighted by molar-refractivity contribution is 0.102. The summed E-state index contributed by atoms with van der Waals surface area (Å²) in [6.07, 6.45) is 1.15. The van der Waals surface area contributed by atoms with Crippen LogP contribution in [0.25, 0.3) is 21.7 Å². The zero-order chi connectivity index (χ0) is 22.9. The first-order chi connectivity index (χ1) is 15.2. The number of hydrogen-bond acceptors (Lipinski definition) is 5. The summed E-state index contributed by atoms with van der Waals surface area (Å²) in [7, 11) is -3.33. The van der Waals surface area contributed by atoms with Gasteiger partial charge in [-0.25, -0.2) is 17.8 Å². The van der Waals surface area contributed by atoms with E-state index in [2.05, 4.69) is 10.3 Å². The summed E-state index contributed by atoms with van der Waals surface area (Å²) in [6.45, 7) is 1.94. The zero-order valence-corrected chi connectivity index (χ0v) is 18.9. The molecule has 0 aliphatic heterocycles. The molecule has 1 N–H and O–H groups in total. The second-order valence-electron chi connectivity index (χ2n) is 7.32. The Morgan fingerprint density at radius 3 is 2.09 bits per heavy atom. The Kier molecular flexibility index (Phi) is 5.90. The highest BCUT2D eigenvalue weighted by Crippen LogP contribution is 2.39. The Morgan fingerprint density at radius 2 is 1.50 bits per heavy atom. The first-order valence-corrected chi connectivity index (χ1v) is 12.4. The van der Waals surface area contributed by atoms with Crippen molar-refractivity contribution in [2.24, 2.45) is 0 Å². The summed E-state index contributed by atoms with van der Waals surface area (Å²) in [6, 6.07) is 19.6. The number of amides is 1. The maximum Gasteiger partial charge on any atom is 0.257 e. The molecule has 5 nitrogen and oxygen atoms in total. The van der Waals surface area contributed by atoms with Crippen LogP contribution < -0.4 is 5.32 Å². The molecule has 0 aliphatic rings. The van der Waals surface area contributed by atoms with Gasteiger partial charge in [0, 0.05) is 17.4 Å². The van der Waals surface area contributed by atoms with Gasteiger partial charge in [-0.2, -0.15) is 0 Å². The van der Waals surface area contributed by atoms with Gasteiger partial charge in [0.2, 0.25) is 0 Å². The monoisotopic (exact) mass is 466 g/mol. The molecule has 0 fully saturated rings. The Hall–Kier alpha value is -3.36. The number of sulfone groups is 1. The quantitative estimate of drug-likeness (QED) is 0.417. The number of carbonyl (C=O) groups excluding carboxylic acids is 1. The molecule has 4 rings (SSSR count). The van der Waals surface area contributed by atoms with Crippen LogP contribution in [0.5, 0.6) is 0 Å². The Bertz CT molecular complexity index is 1380. The van der Waals surface area contributed by atoms with Crippen molar-refractivity contribution in [3.05, 3.63) is 89.7 Å². The Balaban J connectivity index is 1.74. The molecule has 1 heterocycles. The van der Waals surface area contributed by atoms with E-state index in [1.165, 1.54) is 35.6 Å². The second kappa shape index (κ2) is 8.64. The molecule has 1 aromatic heterocycles. The van der Waals surface area contributed by atoms with Gasteiger partial charge in [-0.1, -0.05) is 53.3 Å². The van der Waals surface area contributed by atoms with Gasteiger partial charge in [-0.3, -0.25) is 10.1 Å². The number of halogens is 1. The fourth-order valence-electron chi connectivity index (χ4n) is 3.10. The van der Waals surface area contributed by atoms with Gasteiger partial charge in [0.25, 0.3) is 5.91 Å². The molecule has 3 aromatic carbocycles. The Labute approximate surface area is 189 Å². The van der Waals surface area contributed by atoms with Crippen LogP contribution in [0.2, 0.25) is 0 Å². The van der Waals surface area contributed by atoms with Crippen LogP contribution in [-0.2, 0) is 9.84 Å². The predicted molar refractivity (Wildman–Crippen MR) is 125 cm³/mol. The lowest BCUT2D eigenvalue weighted by Gasteiger charge is -2.04. The fraction of sp³-hybridized carbons (Fsp3) is 0.0833. The summed E-state index contributed by atoms with van der Waals surface area (Å²) >= 11 is 1.27. The van der Waals surface area contributed by atoms with E-state index in [0.29, 0.717) is 22.0 Å². The number of anilines is 1. The number of carbonyl (C=O) groups is 1. The molecule has 0 spiro atoms. The minimum atomic E-state index is -3.33. The number of nitrogens with zero attached hydrogens (tertiary/aromatic N) is 1. The standard InChI is InChI=1S/C24H19FN2O3S2/c1-15-3-5-18(6-4-15)23(28)27-24-26-21(16-9-13-20(14-10-16)32(2,29)30)22(31-24)17-7-11-19(25)12-8-17/h3-14H,1-2H3,(H,26,27,28). The lowest BCUT2D eigenvalue weighted by atomic mass is 10.1. The van der Waals surface area contributed by atoms with Gasteiger partial charge in [0.15, 0.2) is 15.0 Å². The number of benzene rings is 3. The fourth-order valence-corrected chi connectivity index (χ4v) is 4.72. The van der Waals surface area contributed by atoms with Gasteiger partial charge < -0.3 is 0 Å². The normalized spacial score (nSPS) is 11.3. The molecule has 0 bridgehead atoms. The van der Waals surface area contributed by atoms with E-state index >= 15 is 0 Å². The minimum Gasteiger partial charge on any atom is -0.298 e. The number of nitrogens with one attached hydrogen (secondary N) is 1. The van der Waals surface area contributed by atoms with Gasteiger partial charge in [-0.05, 0) is 48.9 Å². The van der Waals surface area contributed by atoms with Crippen molar-refractivity contribution in [3.8, 4) is 21.7 Å². The maximum absolute atomic E-state index is 13.4. The van der Waals surface area contributed by atoms with E-state index < -0.39 is 9.84 Å². The van der Waals surface area contributed by atoms with Gasteiger partial charge in [0.05, 0.1) is 15.5 Å². The first-order valence-electron chi connectivity index (χ1n) is 9.66. The minimum absolute atomic E-state index is 0.202. The van der Waals surface area contributed by atoms with E-state index in [-0.39, 0.29) is 16.6 Å². The molecule has 0 saturated heterocycles. The molecule has 0 aliphatic carbocycles. The predicted octanol–water partition coefficient (Wildman–Crippen LogP) is 5.58. The van der Waals surface area contributed by atoms with Crippen molar-refractivity contribution in [2.75, 3.05) is 11.6 Å². The second-order valence-corrected chi connectivity index (χ2v) is 10.3. The molecular weight excluding hydrogens is 447 g/mol. The third kappa shape index (κ3) is 4.76. The Morgan fingerprint density at radius 1 is 0.906 bits per heavy atom. The van der Waals surface area contributed by atoms with Crippen molar-refractivity contribution < 1.29 is 17.6 Å². The lowest BCUT2D eigenvalue weighted by Crippen LogP contribution is -2.11. The number of aryl methyl sites for hydroxylation is 1. The molecule has 4 aromatic rings. The molecular formula is C24H19FN2O3S2. The summed E-state index contributed by atoms with van der Waals surface area (Å²) in [5, 5.41) is 3.21. The van der Waals surface area contributed by atoms with Crippen LogP contribution in [0.4, 0.5) is 9.52 Å². The summed E-state index contributed by atoms with van der Waals surface area (Å²) in [5.74, 6) is -0.645. The topological polar surface area (TPSA) is 76.1 Å². The molecule has 162 valence electrons. The highest BCUT2D eigenvalue weighted by Gasteiger charge is 2.18. The van der Waals surface area contributed by atoms with E-state index in [1.54, 1.807) is 36.4 Å². The van der Waals surface area contributed by atoms with Crippen molar-refractivity contribution >= 4 is 32.2 Å². The van der Waals surface area contributed by atoms with E-state index in [9.17, 15) is 17.6 Å². The molecule has 32 heavy (non-hydrogen) atoms. The number of thiazole rings is 1. The molecule has 0 radical (unpaired) electrons. The van der Waals surface area contributed by atoms with Crippen LogP contribution in [-0.4, -0.2) is 25.6 Å². The highest BCUT2D eigenvalue weighted by atomic mass is 32.2. The highest BCUT2D eigenvalue weighted by molar-refractivity contribution is 7.90. The van der Waals surface area contributed by atoms with Gasteiger partial charge in [-0.15, -0.1) is 0 Å². The van der Waals surface area contributed by atoms with E-state index in [1.807, 2.05) is 19.1 Å². The largest absolute Gasteiger partial charge is 0.298 e. The smallest absolute Gasteiger partial charge is 0.257 e. The number of rotatable bonds is 5. The summed E-state index contributed by atoms with van der Waals surface area (Å²) in [5.41, 5.74) is 3.55. The average Bonchev–Trinajstić information content (AvgIpc) is 3.18. The van der Waals surface area contributed by atoms with Crippen LogP contribution in [0.15, 0.2) is 77.7 Å². The van der Waals surface area contributed by atoms with E-state index in [4.69, 9.17) is 0 Å². The third-order valence-corrected chi connectivity index (χ3v) is 6.97. The van der Waals surface area contributed by atoms with Crippen molar-refractivity contribution in [1.29, 1.82) is 0 Å². The van der Waals surface area contributed by atoms with E-state index in [0.717, 1.165) is 22.3 Å². The summed E-state index contributed by atoms with van der Waals surface area (Å²) in [4.78, 5) is 18.2. The third-order valence-electron chi connectivity index (χ3n) is 4.82. The first kappa shape index (κ1) is 21.9. The van der Waals surface area contributed by atoms with Crippen molar-refractivity contribution in [3.63, 3.8) is 0 Å². The van der Waals surface area contributed by atoms with Crippen LogP contribution >= 0.6 is 11.3 Å². The average molecular weight is 467 g/mol. The SMILES string of the molecule is Cc1ccc(C(=O)Nc2nc(-c3ccc(S(C)(=O)=O)cc3)c(-c3ccc(F)cc3)s2)cc1. The molecule has 0 saturated carbocycles. The van der Waals surface area contributed by atoms with Crippen LogP contribution in [0.1, 0.15) is 15.9 Å². The zero-order valence-electron chi connectivity index (χ0n) is 17.3. The van der Waals surface area contributed by atoms with Crippen LogP contribution in [0.3, 0.4) is 0 Å². The van der Waals surface area contributed by atoms with Gasteiger partial charge in [0.1, 0.15) is 5.82 Å². The summed E-state index contributed by atoms with van der Waals surface area (Å²) < 4.78 is 37.0. The number of hydrogen-bond donors (Lipinski definition) is 1. The molecule has 0 unspecified atom stereocenters. The van der Waals surface area contributed by atoms with Crippen molar-refractivity contribution in [1.82, 2.24) is 4.98 Å². The number of aromatic nitrogens is 1. The molecule has 0 atom stereocenters. The molecule has 8 heteroatoms. The maximum atomic E-state index is 13.4. The van der Waals surface area contributed by atoms with Crippen LogP contribution in [0, 0.1) is 12.7 Å². The van der Waals surface area contributed by atoms with Crippen molar-refractivity contribution in [2.45, 2.75) is 11.8 Å². The van der Waals surface area contributed by atoms with Gasteiger partial charge >= 0.3 is 0 Å². The molecule has 1 amide bonds.